The van der Waals surface area contributed by atoms with Gasteiger partial charge in [0.1, 0.15) is 0 Å². The van der Waals surface area contributed by atoms with Crippen LogP contribution >= 0.6 is 12.2 Å². The Morgan fingerprint density at radius 3 is 2.63 bits per heavy atom. The van der Waals surface area contributed by atoms with Crippen molar-refractivity contribution in [3.63, 3.8) is 0 Å². The van der Waals surface area contributed by atoms with Crippen LogP contribution in [0.15, 0.2) is 53.3 Å². The number of aryl methyl sites for hydroxylation is 2. The highest BCUT2D eigenvalue weighted by atomic mass is 32.1. The molecule has 0 saturated carbocycles. The van der Waals surface area contributed by atoms with Crippen molar-refractivity contribution >= 4 is 28.2 Å². The van der Waals surface area contributed by atoms with Crippen molar-refractivity contribution < 1.29 is 4.74 Å². The number of ether oxygens (including phenoxy) is 1. The van der Waals surface area contributed by atoms with Gasteiger partial charge in [0.15, 0.2) is 5.11 Å². The van der Waals surface area contributed by atoms with E-state index in [1.165, 1.54) is 5.56 Å². The first-order valence-corrected chi connectivity index (χ1v) is 10.6. The summed E-state index contributed by atoms with van der Waals surface area (Å²) in [5.41, 5.74) is 4.93. The second kappa shape index (κ2) is 10.4. The topological polar surface area (TPSA) is 57.4 Å². The minimum absolute atomic E-state index is 0.0760. The van der Waals surface area contributed by atoms with Crippen molar-refractivity contribution in [3.8, 4) is 0 Å². The summed E-state index contributed by atoms with van der Waals surface area (Å²) < 4.78 is 5.11. The summed E-state index contributed by atoms with van der Waals surface area (Å²) >= 11 is 5.67. The minimum Gasteiger partial charge on any atom is -0.385 e. The standard InChI is InChI=1S/C24H29N3O2S/c1-17-8-10-19(11-9-17)15-27(24(30)25-12-5-13-29-3)16-21-14-20-7-4-6-18(2)22(20)26-23(21)28/h4,6-11,14H,5,12-13,15-16H2,1-3H3,(H,25,30)(H,26,28). The van der Waals surface area contributed by atoms with Gasteiger partial charge >= 0.3 is 0 Å². The molecule has 1 aromatic heterocycles. The van der Waals surface area contributed by atoms with Gasteiger partial charge in [-0.15, -0.1) is 0 Å². The first-order chi connectivity index (χ1) is 14.5. The normalized spacial score (nSPS) is 10.9. The Labute approximate surface area is 183 Å². The number of thiocarbonyl (C=S) groups is 1. The molecule has 0 radical (unpaired) electrons. The fourth-order valence-corrected chi connectivity index (χ4v) is 3.62. The molecule has 1 heterocycles. The minimum atomic E-state index is -0.0760. The van der Waals surface area contributed by atoms with E-state index in [4.69, 9.17) is 17.0 Å². The first-order valence-electron chi connectivity index (χ1n) is 10.2. The quantitative estimate of drug-likeness (QED) is 0.423. The second-order valence-electron chi connectivity index (χ2n) is 7.58. The van der Waals surface area contributed by atoms with Crippen LogP contribution in [0.1, 0.15) is 28.7 Å². The Balaban J connectivity index is 1.84. The summed E-state index contributed by atoms with van der Waals surface area (Å²) in [4.78, 5) is 17.9. The van der Waals surface area contributed by atoms with E-state index >= 15 is 0 Å². The maximum atomic E-state index is 12.8. The summed E-state index contributed by atoms with van der Waals surface area (Å²) in [6.45, 7) is 6.54. The third-order valence-electron chi connectivity index (χ3n) is 5.11. The van der Waals surface area contributed by atoms with Crippen molar-refractivity contribution in [2.24, 2.45) is 0 Å². The summed E-state index contributed by atoms with van der Waals surface area (Å²) in [6, 6.07) is 16.4. The van der Waals surface area contributed by atoms with Gasteiger partial charge in [-0.3, -0.25) is 4.79 Å². The zero-order valence-corrected chi connectivity index (χ0v) is 18.6. The molecule has 0 atom stereocenters. The lowest BCUT2D eigenvalue weighted by Crippen LogP contribution is -2.40. The highest BCUT2D eigenvalue weighted by molar-refractivity contribution is 7.80. The molecule has 0 saturated heterocycles. The monoisotopic (exact) mass is 423 g/mol. The van der Waals surface area contributed by atoms with Gasteiger partial charge in [0.05, 0.1) is 12.1 Å². The Hall–Kier alpha value is -2.70. The number of fused-ring (bicyclic) bond motifs is 1. The fraction of sp³-hybridized carbons (Fsp3) is 0.333. The van der Waals surface area contributed by atoms with E-state index < -0.39 is 0 Å². The van der Waals surface area contributed by atoms with Crippen LogP contribution < -0.4 is 10.9 Å². The maximum Gasteiger partial charge on any atom is 0.253 e. The van der Waals surface area contributed by atoms with Gasteiger partial charge in [0.2, 0.25) is 0 Å². The third kappa shape index (κ3) is 5.68. The van der Waals surface area contributed by atoms with Crippen LogP contribution in [-0.4, -0.2) is 35.3 Å². The van der Waals surface area contributed by atoms with Crippen LogP contribution in [0, 0.1) is 13.8 Å². The van der Waals surface area contributed by atoms with Crippen molar-refractivity contribution in [2.45, 2.75) is 33.4 Å². The smallest absolute Gasteiger partial charge is 0.253 e. The van der Waals surface area contributed by atoms with Gasteiger partial charge < -0.3 is 19.9 Å². The van der Waals surface area contributed by atoms with Gasteiger partial charge in [0, 0.05) is 32.4 Å². The van der Waals surface area contributed by atoms with Crippen LogP contribution in [0.2, 0.25) is 0 Å². The van der Waals surface area contributed by atoms with E-state index in [2.05, 4.69) is 41.5 Å². The van der Waals surface area contributed by atoms with Gasteiger partial charge in [-0.2, -0.15) is 0 Å². The largest absolute Gasteiger partial charge is 0.385 e. The molecule has 5 nitrogen and oxygen atoms in total. The summed E-state index contributed by atoms with van der Waals surface area (Å²) in [6.07, 6.45) is 0.866. The lowest BCUT2D eigenvalue weighted by Gasteiger charge is -2.26. The predicted octanol–water partition coefficient (Wildman–Crippen LogP) is 4.06. The highest BCUT2D eigenvalue weighted by Gasteiger charge is 2.14. The molecule has 3 rings (SSSR count). The van der Waals surface area contributed by atoms with Crippen LogP contribution in [0.5, 0.6) is 0 Å². The fourth-order valence-electron chi connectivity index (χ4n) is 3.39. The molecule has 30 heavy (non-hydrogen) atoms. The Kier molecular flexibility index (Phi) is 7.60. The Morgan fingerprint density at radius 1 is 1.13 bits per heavy atom. The van der Waals surface area contributed by atoms with E-state index in [-0.39, 0.29) is 5.56 Å². The van der Waals surface area contributed by atoms with Crippen LogP contribution in [0.3, 0.4) is 0 Å². The van der Waals surface area contributed by atoms with E-state index in [0.717, 1.165) is 35.0 Å². The number of methoxy groups -OCH3 is 1. The molecular weight excluding hydrogens is 394 g/mol. The molecule has 0 spiro atoms. The van der Waals surface area contributed by atoms with Crippen molar-refractivity contribution in [2.75, 3.05) is 20.3 Å². The maximum absolute atomic E-state index is 12.8. The summed E-state index contributed by atoms with van der Waals surface area (Å²) in [7, 11) is 1.69. The van der Waals surface area contributed by atoms with Gasteiger partial charge in [-0.1, -0.05) is 48.0 Å². The number of nitrogens with one attached hydrogen (secondary N) is 2. The Morgan fingerprint density at radius 2 is 1.90 bits per heavy atom. The lowest BCUT2D eigenvalue weighted by molar-refractivity contribution is 0.195. The zero-order chi connectivity index (χ0) is 21.5. The molecule has 0 unspecified atom stereocenters. The molecule has 0 fully saturated rings. The third-order valence-corrected chi connectivity index (χ3v) is 5.51. The van der Waals surface area contributed by atoms with Crippen LogP contribution in [0.25, 0.3) is 10.9 Å². The highest BCUT2D eigenvalue weighted by Crippen LogP contribution is 2.17. The van der Waals surface area contributed by atoms with Gasteiger partial charge in [-0.25, -0.2) is 0 Å². The van der Waals surface area contributed by atoms with E-state index in [0.29, 0.717) is 30.4 Å². The number of aromatic nitrogens is 1. The average Bonchev–Trinajstić information content (AvgIpc) is 2.73. The van der Waals surface area contributed by atoms with Crippen molar-refractivity contribution in [1.29, 1.82) is 0 Å². The van der Waals surface area contributed by atoms with Gasteiger partial charge in [0.25, 0.3) is 5.56 Å². The number of pyridine rings is 1. The van der Waals surface area contributed by atoms with Crippen molar-refractivity contribution in [1.82, 2.24) is 15.2 Å². The van der Waals surface area contributed by atoms with E-state index in [1.807, 2.05) is 36.1 Å². The van der Waals surface area contributed by atoms with E-state index in [9.17, 15) is 4.79 Å². The second-order valence-corrected chi connectivity index (χ2v) is 7.97. The van der Waals surface area contributed by atoms with Gasteiger partial charge in [-0.05, 0) is 55.1 Å². The number of hydrogen-bond acceptors (Lipinski definition) is 3. The number of hydrogen-bond donors (Lipinski definition) is 2. The molecule has 0 aliphatic carbocycles. The van der Waals surface area contributed by atoms with E-state index in [1.54, 1.807) is 7.11 Å². The summed E-state index contributed by atoms with van der Waals surface area (Å²) in [5.74, 6) is 0. The number of para-hydroxylation sites is 1. The number of benzene rings is 2. The molecule has 2 N–H and O–H groups in total. The predicted molar refractivity (Wildman–Crippen MR) is 127 cm³/mol. The molecule has 0 aliphatic rings. The zero-order valence-electron chi connectivity index (χ0n) is 17.8. The van der Waals surface area contributed by atoms with Crippen LogP contribution in [-0.2, 0) is 17.8 Å². The molecular formula is C24H29N3O2S. The average molecular weight is 424 g/mol. The summed E-state index contributed by atoms with van der Waals surface area (Å²) in [5, 5.41) is 4.96. The molecule has 6 heteroatoms. The molecule has 0 amide bonds. The number of nitrogens with zero attached hydrogens (tertiary/aromatic N) is 1. The number of aromatic amines is 1. The SMILES string of the molecule is COCCCNC(=S)N(Cc1ccc(C)cc1)Cc1cc2cccc(C)c2[nH]c1=O. The molecule has 3 aromatic rings. The Bertz CT molecular complexity index is 1060. The molecule has 0 bridgehead atoms. The number of H-pyrrole nitrogens is 1. The first kappa shape index (κ1) is 22.0. The van der Waals surface area contributed by atoms with Crippen LogP contribution in [0.4, 0.5) is 0 Å². The van der Waals surface area contributed by atoms with Crippen molar-refractivity contribution in [3.05, 3.63) is 81.1 Å². The molecule has 2 aromatic carbocycles. The molecule has 158 valence electrons. The molecule has 0 aliphatic heterocycles. The lowest BCUT2D eigenvalue weighted by atomic mass is 10.1. The number of rotatable bonds is 8.